The Hall–Kier alpha value is -7.83. The maximum Gasteiger partial charge on any atom is 0.255 e. The molecule has 4 heterocycles. The highest BCUT2D eigenvalue weighted by atomic mass is 16.5. The van der Waals surface area contributed by atoms with Crippen LogP contribution in [0.15, 0.2) is 182 Å². The van der Waals surface area contributed by atoms with Crippen LogP contribution in [0, 0.1) is 0 Å². The maximum atomic E-state index is 6.59. The Morgan fingerprint density at radius 2 is 1.35 bits per heavy atom. The number of aromatic nitrogens is 4. The van der Waals surface area contributed by atoms with E-state index in [1.807, 2.05) is 25.3 Å². The number of nitrogens with zero attached hydrogens (tertiary/aromatic N) is 4. The Kier molecular flexibility index (Phi) is 8.96. The van der Waals surface area contributed by atoms with Crippen molar-refractivity contribution in [3.8, 4) is 62.0 Å². The first-order chi connectivity index (χ1) is 31.2. The van der Waals surface area contributed by atoms with Gasteiger partial charge in [-0.15, -0.1) is 0 Å². The first-order valence-corrected chi connectivity index (χ1v) is 21.9. The van der Waals surface area contributed by atoms with Crippen LogP contribution in [0.4, 0.5) is 0 Å². The maximum absolute atomic E-state index is 6.59. The molecule has 0 amide bonds. The Morgan fingerprint density at radius 3 is 2.21 bits per heavy atom. The van der Waals surface area contributed by atoms with Crippen molar-refractivity contribution >= 4 is 54.4 Å². The van der Waals surface area contributed by atoms with E-state index in [1.54, 1.807) is 0 Å². The number of ether oxygens (including phenoxy) is 2. The molecule has 0 saturated carbocycles. The number of fused-ring (bicyclic) bond motifs is 4. The van der Waals surface area contributed by atoms with Crippen molar-refractivity contribution in [1.29, 1.82) is 0 Å². The fourth-order valence-electron chi connectivity index (χ4n) is 9.87. The molecule has 63 heavy (non-hydrogen) atoms. The van der Waals surface area contributed by atoms with Gasteiger partial charge >= 0.3 is 0 Å². The van der Waals surface area contributed by atoms with E-state index < -0.39 is 0 Å². The van der Waals surface area contributed by atoms with Crippen LogP contribution in [0.1, 0.15) is 19.8 Å². The molecule has 1 aliphatic rings. The molecule has 0 bridgehead atoms. The average molecular weight is 816 g/mol. The summed E-state index contributed by atoms with van der Waals surface area (Å²) in [4.78, 5) is 10.0. The van der Waals surface area contributed by atoms with Gasteiger partial charge in [0.25, 0.3) is 5.52 Å². The lowest BCUT2D eigenvalue weighted by atomic mass is 9.83. The highest BCUT2D eigenvalue weighted by Gasteiger charge is 2.26. The van der Waals surface area contributed by atoms with Crippen LogP contribution >= 0.6 is 0 Å². The topological polar surface area (TPSA) is 53.1 Å². The summed E-state index contributed by atoms with van der Waals surface area (Å²) in [5, 5.41) is 6.88. The zero-order valence-electron chi connectivity index (χ0n) is 35.0. The molecular weight excluding hydrogens is 773 g/mol. The summed E-state index contributed by atoms with van der Waals surface area (Å²) < 4.78 is 17.6. The van der Waals surface area contributed by atoms with Gasteiger partial charge in [0.05, 0.1) is 29.6 Å². The Labute approximate surface area is 365 Å². The second-order valence-electron chi connectivity index (χ2n) is 16.3. The van der Waals surface area contributed by atoms with E-state index >= 15 is 0 Å². The molecule has 1 aliphatic heterocycles. The molecular formula is C57H43N4O2+. The summed E-state index contributed by atoms with van der Waals surface area (Å²) in [6, 6.07) is 60.9. The van der Waals surface area contributed by atoms with Crippen LogP contribution in [0.3, 0.4) is 0 Å². The standard InChI is InChI=1S/C57H43N4O2/c1-2-62-56-47(29-26-38-14-12-32-58-54(38)56)53-43-18-7-6-17-42(43)52(44-30-31-51-55-46(44)19-13-34-60(55)33-10-11-35-63-51)45-28-27-40(36-48(45)53)37-22-24-39(25-23-37)57-59-49-20-8-9-21-50(49)61(57)41-15-4-3-5-16-41/h3-9,12-32,34,36H,2,10-11,33,35H2,1H3/q+1. The van der Waals surface area contributed by atoms with Crippen LogP contribution in [0.25, 0.3) is 105 Å². The molecule has 0 saturated heterocycles. The number of hydrogen-bond donors (Lipinski definition) is 0. The van der Waals surface area contributed by atoms with E-state index in [0.717, 1.165) is 115 Å². The van der Waals surface area contributed by atoms with Gasteiger partial charge in [-0.2, -0.15) is 4.57 Å². The molecule has 12 rings (SSSR count). The van der Waals surface area contributed by atoms with Crippen LogP contribution in [-0.4, -0.2) is 27.7 Å². The Bertz CT molecular complexity index is 3550. The second kappa shape index (κ2) is 15.3. The van der Waals surface area contributed by atoms with Crippen LogP contribution in [0.5, 0.6) is 11.5 Å². The molecule has 0 unspecified atom stereocenters. The van der Waals surface area contributed by atoms with Gasteiger partial charge in [-0.1, -0.05) is 103 Å². The summed E-state index contributed by atoms with van der Waals surface area (Å²) >= 11 is 0. The first kappa shape index (κ1) is 37.0. The molecule has 0 radical (unpaired) electrons. The molecule has 0 N–H and O–H groups in total. The van der Waals surface area contributed by atoms with Crippen molar-refractivity contribution in [2.75, 3.05) is 13.2 Å². The van der Waals surface area contributed by atoms with Gasteiger partial charge in [-0.05, 0) is 118 Å². The van der Waals surface area contributed by atoms with Crippen molar-refractivity contribution in [1.82, 2.24) is 14.5 Å². The van der Waals surface area contributed by atoms with Crippen LogP contribution in [0.2, 0.25) is 0 Å². The van der Waals surface area contributed by atoms with E-state index in [-0.39, 0.29) is 0 Å². The summed E-state index contributed by atoms with van der Waals surface area (Å²) in [5.41, 5.74) is 13.0. The summed E-state index contributed by atoms with van der Waals surface area (Å²) in [7, 11) is 0. The Balaban J connectivity index is 1.11. The SMILES string of the molecule is CCOc1c(-c2c3ccccc3c(-c3ccc4c5c3ccc[n+]5CCCCO4)c3ccc(-c4ccc(-c5nc6ccccc6n5-c5ccccc5)cc4)cc23)ccc2cccnc12. The molecule has 11 aromatic rings. The normalized spacial score (nSPS) is 12.8. The van der Waals surface area contributed by atoms with E-state index in [4.69, 9.17) is 19.4 Å². The van der Waals surface area contributed by atoms with Crippen molar-refractivity contribution in [3.63, 3.8) is 0 Å². The lowest BCUT2D eigenvalue weighted by Crippen LogP contribution is -2.35. The lowest BCUT2D eigenvalue weighted by Gasteiger charge is -2.22. The third-order valence-corrected chi connectivity index (χ3v) is 12.7. The molecule has 6 heteroatoms. The number of imidazole rings is 1. The monoisotopic (exact) mass is 815 g/mol. The highest BCUT2D eigenvalue weighted by Crippen LogP contribution is 2.49. The number of hydrogen-bond acceptors (Lipinski definition) is 4. The van der Waals surface area contributed by atoms with Crippen molar-refractivity contribution < 1.29 is 14.0 Å². The fourth-order valence-corrected chi connectivity index (χ4v) is 9.87. The molecule has 0 spiro atoms. The Morgan fingerprint density at radius 1 is 0.619 bits per heavy atom. The van der Waals surface area contributed by atoms with E-state index in [2.05, 4.69) is 173 Å². The molecule has 0 fully saturated rings. The molecule has 8 aromatic carbocycles. The van der Waals surface area contributed by atoms with Crippen LogP contribution < -0.4 is 14.0 Å². The average Bonchev–Trinajstić information content (AvgIpc) is 3.73. The number of para-hydroxylation sites is 3. The molecule has 3 aromatic heterocycles. The zero-order chi connectivity index (χ0) is 41.9. The van der Waals surface area contributed by atoms with Gasteiger partial charge in [0.15, 0.2) is 17.7 Å². The van der Waals surface area contributed by atoms with Crippen molar-refractivity contribution in [2.45, 2.75) is 26.3 Å². The minimum Gasteiger partial charge on any atom is -0.491 e. The van der Waals surface area contributed by atoms with E-state index in [1.165, 1.54) is 27.3 Å². The van der Waals surface area contributed by atoms with E-state index in [9.17, 15) is 0 Å². The fraction of sp³-hybridized carbons (Fsp3) is 0.105. The number of pyridine rings is 2. The molecule has 0 atom stereocenters. The predicted molar refractivity (Wildman–Crippen MR) is 257 cm³/mol. The van der Waals surface area contributed by atoms with Crippen molar-refractivity contribution in [2.24, 2.45) is 0 Å². The summed E-state index contributed by atoms with van der Waals surface area (Å²) in [6.07, 6.45) is 6.17. The van der Waals surface area contributed by atoms with Crippen LogP contribution in [-0.2, 0) is 6.54 Å². The smallest absolute Gasteiger partial charge is 0.255 e. The van der Waals surface area contributed by atoms with Crippen molar-refractivity contribution in [3.05, 3.63) is 182 Å². The van der Waals surface area contributed by atoms with Gasteiger partial charge < -0.3 is 9.47 Å². The quantitative estimate of drug-likeness (QED) is 0.119. The van der Waals surface area contributed by atoms with E-state index in [0.29, 0.717) is 6.61 Å². The molecule has 302 valence electrons. The first-order valence-electron chi connectivity index (χ1n) is 21.9. The molecule has 6 nitrogen and oxygen atoms in total. The zero-order valence-corrected chi connectivity index (χ0v) is 35.0. The molecule has 0 aliphatic carbocycles. The number of benzene rings is 8. The highest BCUT2D eigenvalue weighted by molar-refractivity contribution is 6.24. The second-order valence-corrected chi connectivity index (χ2v) is 16.3. The largest absolute Gasteiger partial charge is 0.491 e. The predicted octanol–water partition coefficient (Wildman–Crippen LogP) is 13.6. The number of aryl methyl sites for hydroxylation is 1. The number of rotatable bonds is 7. The minimum atomic E-state index is 0.521. The summed E-state index contributed by atoms with van der Waals surface area (Å²) in [5.74, 6) is 2.65. The van der Waals surface area contributed by atoms with Gasteiger partial charge in [0.2, 0.25) is 0 Å². The van der Waals surface area contributed by atoms with Gasteiger partial charge in [-0.25, -0.2) is 4.98 Å². The van der Waals surface area contributed by atoms with Gasteiger partial charge in [0, 0.05) is 46.4 Å². The summed E-state index contributed by atoms with van der Waals surface area (Å²) in [6.45, 7) is 4.25. The third-order valence-electron chi connectivity index (χ3n) is 12.7. The van der Waals surface area contributed by atoms with Gasteiger partial charge in [0.1, 0.15) is 17.9 Å². The third kappa shape index (κ3) is 6.12. The lowest BCUT2D eigenvalue weighted by molar-refractivity contribution is -0.672. The minimum absolute atomic E-state index is 0.521. The van der Waals surface area contributed by atoms with Gasteiger partial charge in [-0.3, -0.25) is 9.55 Å².